The lowest BCUT2D eigenvalue weighted by molar-refractivity contribution is -0.562. The number of benzene rings is 1. The van der Waals surface area contributed by atoms with E-state index in [-0.39, 0.29) is 0 Å². The van der Waals surface area contributed by atoms with Crippen LogP contribution in [0.4, 0.5) is 5.69 Å². The van der Waals surface area contributed by atoms with Crippen molar-refractivity contribution in [2.75, 3.05) is 6.54 Å². The third-order valence-corrected chi connectivity index (χ3v) is 1.77. The molecule has 0 saturated carbocycles. The predicted octanol–water partition coefficient (Wildman–Crippen LogP) is 0.908. The second kappa shape index (κ2) is 2.27. The molecule has 0 unspecified atom stereocenters. The van der Waals surface area contributed by atoms with Crippen LogP contribution in [0, 0.1) is 0 Å². The van der Waals surface area contributed by atoms with Crippen molar-refractivity contribution >= 4 is 11.8 Å². The van der Waals surface area contributed by atoms with E-state index in [1.54, 1.807) is 0 Å². The normalized spacial score (nSPS) is 14.8. The van der Waals surface area contributed by atoms with Crippen molar-refractivity contribution in [1.82, 2.24) is 0 Å². The Hall–Kier alpha value is -1.08. The number of nitrogens with two attached hydrogens (primary N) is 1. The SMILES string of the molecule is C1=Cc2ccccc2[NH2+]C1. The zero-order valence-electron chi connectivity index (χ0n) is 5.75. The second-order valence-electron chi connectivity index (χ2n) is 2.47. The van der Waals surface area contributed by atoms with Gasteiger partial charge in [0.25, 0.3) is 0 Å². The molecule has 0 fully saturated rings. The first kappa shape index (κ1) is 5.69. The van der Waals surface area contributed by atoms with Gasteiger partial charge in [-0.25, -0.2) is 0 Å². The highest BCUT2D eigenvalue weighted by molar-refractivity contribution is 5.61. The zero-order chi connectivity index (χ0) is 6.81. The van der Waals surface area contributed by atoms with Gasteiger partial charge in [-0.05, 0) is 24.3 Å². The van der Waals surface area contributed by atoms with Crippen LogP contribution in [0.5, 0.6) is 0 Å². The van der Waals surface area contributed by atoms with Gasteiger partial charge < -0.3 is 5.32 Å². The standard InChI is InChI=1S/C9H9N/c1-2-6-9-8(4-1)5-3-7-10-9/h1-6,10H,7H2/p+1. The van der Waals surface area contributed by atoms with Crippen LogP contribution >= 0.6 is 0 Å². The highest BCUT2D eigenvalue weighted by Gasteiger charge is 2.03. The second-order valence-corrected chi connectivity index (χ2v) is 2.47. The molecule has 2 rings (SSSR count). The summed E-state index contributed by atoms with van der Waals surface area (Å²) in [5.74, 6) is 0. The zero-order valence-corrected chi connectivity index (χ0v) is 5.75. The van der Waals surface area contributed by atoms with Crippen LogP contribution in [0.3, 0.4) is 0 Å². The van der Waals surface area contributed by atoms with Gasteiger partial charge in [-0.15, -0.1) is 0 Å². The molecular formula is C9H10N+. The first-order valence-corrected chi connectivity index (χ1v) is 3.55. The summed E-state index contributed by atoms with van der Waals surface area (Å²) < 4.78 is 0. The number of hydrogen-bond donors (Lipinski definition) is 1. The minimum absolute atomic E-state index is 1.08. The molecule has 10 heavy (non-hydrogen) atoms. The van der Waals surface area contributed by atoms with Gasteiger partial charge in [-0.1, -0.05) is 12.1 Å². The molecule has 1 nitrogen and oxygen atoms in total. The molecule has 0 bridgehead atoms. The average molecular weight is 132 g/mol. The largest absolute Gasteiger partial charge is 0.310 e. The van der Waals surface area contributed by atoms with Gasteiger partial charge in [0.05, 0.1) is 6.54 Å². The Bertz CT molecular complexity index is 263. The number of quaternary nitrogens is 1. The Kier molecular flexibility index (Phi) is 1.29. The van der Waals surface area contributed by atoms with Crippen LogP contribution in [-0.2, 0) is 0 Å². The lowest BCUT2D eigenvalue weighted by atomic mass is 10.1. The number of hydrogen-bond acceptors (Lipinski definition) is 0. The minimum Gasteiger partial charge on any atom is -0.310 e. The molecule has 0 radical (unpaired) electrons. The van der Waals surface area contributed by atoms with Crippen molar-refractivity contribution in [3.8, 4) is 0 Å². The summed E-state index contributed by atoms with van der Waals surface area (Å²) in [5.41, 5.74) is 2.71. The highest BCUT2D eigenvalue weighted by Crippen LogP contribution is 2.12. The van der Waals surface area contributed by atoms with Gasteiger partial charge in [0.2, 0.25) is 0 Å². The van der Waals surface area contributed by atoms with Crippen LogP contribution in [0.1, 0.15) is 5.56 Å². The average Bonchev–Trinajstić information content (AvgIpc) is 2.05. The molecule has 1 heteroatoms. The molecule has 0 aliphatic carbocycles. The summed E-state index contributed by atoms with van der Waals surface area (Å²) in [4.78, 5) is 0. The summed E-state index contributed by atoms with van der Waals surface area (Å²) in [6, 6.07) is 8.44. The fourth-order valence-corrected chi connectivity index (χ4v) is 1.24. The summed E-state index contributed by atoms with van der Waals surface area (Å²) in [5, 5.41) is 2.25. The van der Waals surface area contributed by atoms with E-state index in [1.165, 1.54) is 11.3 Å². The monoisotopic (exact) mass is 132 g/mol. The molecule has 0 atom stereocenters. The molecule has 0 saturated heterocycles. The van der Waals surface area contributed by atoms with Crippen LogP contribution in [0.15, 0.2) is 30.3 Å². The maximum atomic E-state index is 2.25. The van der Waals surface area contributed by atoms with Crippen molar-refractivity contribution in [2.45, 2.75) is 0 Å². The Labute approximate surface area is 60.4 Å². The van der Waals surface area contributed by atoms with Crippen molar-refractivity contribution in [3.63, 3.8) is 0 Å². The number of para-hydroxylation sites is 1. The Morgan fingerprint density at radius 3 is 3.00 bits per heavy atom. The molecule has 0 spiro atoms. The molecule has 1 aliphatic rings. The maximum absolute atomic E-state index is 2.25. The van der Waals surface area contributed by atoms with Crippen LogP contribution in [0.25, 0.3) is 6.08 Å². The van der Waals surface area contributed by atoms with Crippen LogP contribution in [0.2, 0.25) is 0 Å². The Morgan fingerprint density at radius 2 is 2.10 bits per heavy atom. The Balaban J connectivity index is 2.54. The third-order valence-electron chi connectivity index (χ3n) is 1.77. The lowest BCUT2D eigenvalue weighted by Crippen LogP contribution is -2.78. The lowest BCUT2D eigenvalue weighted by Gasteiger charge is -2.05. The summed E-state index contributed by atoms with van der Waals surface area (Å²) in [7, 11) is 0. The maximum Gasteiger partial charge on any atom is 0.137 e. The number of rotatable bonds is 0. The van der Waals surface area contributed by atoms with Gasteiger partial charge >= 0.3 is 0 Å². The summed E-state index contributed by atoms with van der Waals surface area (Å²) in [6.07, 6.45) is 4.36. The molecule has 50 valence electrons. The van der Waals surface area contributed by atoms with E-state index in [4.69, 9.17) is 0 Å². The topological polar surface area (TPSA) is 16.6 Å². The van der Waals surface area contributed by atoms with Crippen LogP contribution < -0.4 is 5.32 Å². The molecule has 1 aliphatic heterocycles. The smallest absolute Gasteiger partial charge is 0.137 e. The minimum atomic E-state index is 1.08. The quantitative estimate of drug-likeness (QED) is 0.505. The molecule has 1 aromatic carbocycles. The number of fused-ring (bicyclic) bond motifs is 1. The van der Waals surface area contributed by atoms with Crippen molar-refractivity contribution in [3.05, 3.63) is 35.9 Å². The molecule has 1 aromatic rings. The van der Waals surface area contributed by atoms with E-state index in [9.17, 15) is 0 Å². The van der Waals surface area contributed by atoms with Crippen molar-refractivity contribution in [2.24, 2.45) is 0 Å². The van der Waals surface area contributed by atoms with Gasteiger partial charge in [0, 0.05) is 5.56 Å². The van der Waals surface area contributed by atoms with E-state index >= 15 is 0 Å². The first-order chi connectivity index (χ1) is 4.97. The van der Waals surface area contributed by atoms with Gasteiger partial charge in [-0.2, -0.15) is 0 Å². The van der Waals surface area contributed by atoms with E-state index < -0.39 is 0 Å². The van der Waals surface area contributed by atoms with Crippen LogP contribution in [-0.4, -0.2) is 6.54 Å². The molecule has 0 amide bonds. The first-order valence-electron chi connectivity index (χ1n) is 3.55. The third kappa shape index (κ3) is 0.847. The molecule has 2 N–H and O–H groups in total. The predicted molar refractivity (Wildman–Crippen MR) is 41.9 cm³/mol. The van der Waals surface area contributed by atoms with Crippen molar-refractivity contribution in [1.29, 1.82) is 0 Å². The Morgan fingerprint density at radius 1 is 1.20 bits per heavy atom. The van der Waals surface area contributed by atoms with E-state index in [1.807, 2.05) is 0 Å². The molecule has 1 heterocycles. The van der Waals surface area contributed by atoms with Crippen molar-refractivity contribution < 1.29 is 5.32 Å². The summed E-state index contributed by atoms with van der Waals surface area (Å²) in [6.45, 7) is 1.08. The molecule has 0 aromatic heterocycles. The van der Waals surface area contributed by atoms with E-state index in [2.05, 4.69) is 41.7 Å². The van der Waals surface area contributed by atoms with E-state index in [0.29, 0.717) is 0 Å². The highest BCUT2D eigenvalue weighted by atomic mass is 14.9. The van der Waals surface area contributed by atoms with Gasteiger partial charge in [-0.3, -0.25) is 0 Å². The fraction of sp³-hybridized carbons (Fsp3) is 0.111. The van der Waals surface area contributed by atoms with Gasteiger partial charge in [0.15, 0.2) is 0 Å². The van der Waals surface area contributed by atoms with E-state index in [0.717, 1.165) is 6.54 Å². The summed E-state index contributed by atoms with van der Waals surface area (Å²) >= 11 is 0. The molecular weight excluding hydrogens is 122 g/mol. The fourth-order valence-electron chi connectivity index (χ4n) is 1.24. The van der Waals surface area contributed by atoms with Gasteiger partial charge in [0.1, 0.15) is 5.69 Å².